The van der Waals surface area contributed by atoms with Gasteiger partial charge in [-0.3, -0.25) is 0 Å². The molecular weight excluding hydrogens is 319 g/mol. The molecule has 0 aromatic heterocycles. The van der Waals surface area contributed by atoms with Crippen LogP contribution in [0.4, 0.5) is 0 Å². The van der Waals surface area contributed by atoms with Crippen LogP contribution >= 0.6 is 7.26 Å². The number of aryl methyl sites for hydroxylation is 1. The van der Waals surface area contributed by atoms with E-state index in [1.54, 1.807) is 0 Å². The zero-order valence-electron chi connectivity index (χ0n) is 15.4. The molecule has 0 radical (unpaired) electrons. The molecule has 25 heavy (non-hydrogen) atoms. The quantitative estimate of drug-likeness (QED) is 0.288. The van der Waals surface area contributed by atoms with Crippen molar-refractivity contribution in [3.8, 4) is 11.1 Å². The van der Waals surface area contributed by atoms with Gasteiger partial charge in [-0.05, 0) is 63.4 Å². The van der Waals surface area contributed by atoms with Crippen molar-refractivity contribution in [3.63, 3.8) is 0 Å². The molecule has 0 nitrogen and oxygen atoms in total. The average Bonchev–Trinajstić information content (AvgIpc) is 2.58. The van der Waals surface area contributed by atoms with Crippen LogP contribution in [0.5, 0.6) is 0 Å². The van der Waals surface area contributed by atoms with Crippen LogP contribution < -0.4 is 5.30 Å². The molecule has 0 saturated heterocycles. The van der Waals surface area contributed by atoms with E-state index >= 15 is 0 Å². The van der Waals surface area contributed by atoms with Crippen molar-refractivity contribution in [2.24, 2.45) is 0 Å². The van der Waals surface area contributed by atoms with Gasteiger partial charge < -0.3 is 0 Å². The molecular formula is C24H24P+. The van der Waals surface area contributed by atoms with Gasteiger partial charge in [0, 0.05) is 7.26 Å². The molecule has 0 N–H and O–H groups in total. The third-order valence-corrected chi connectivity index (χ3v) is 6.70. The number of hydrogen-bond donors (Lipinski definition) is 0. The molecule has 0 amide bonds. The van der Waals surface area contributed by atoms with E-state index in [1.165, 1.54) is 43.5 Å². The average molecular weight is 343 g/mol. The molecule has 0 aliphatic rings. The van der Waals surface area contributed by atoms with Crippen molar-refractivity contribution < 1.29 is 0 Å². The molecule has 0 fully saturated rings. The third-order valence-electron chi connectivity index (χ3n) is 4.90. The summed E-state index contributed by atoms with van der Waals surface area (Å²) in [6.07, 6.45) is 0. The Hall–Kier alpha value is -2.17. The summed E-state index contributed by atoms with van der Waals surface area (Å²) < 4.78 is 0. The topological polar surface area (TPSA) is 0 Å². The largest absolute Gasteiger partial charge is 0.0939 e. The lowest BCUT2D eigenvalue weighted by atomic mass is 9.91. The fourth-order valence-electron chi connectivity index (χ4n) is 3.62. The molecule has 4 aromatic carbocycles. The van der Waals surface area contributed by atoms with Gasteiger partial charge in [0.2, 0.25) is 0 Å². The summed E-state index contributed by atoms with van der Waals surface area (Å²) in [4.78, 5) is 0. The fourth-order valence-corrected chi connectivity index (χ4v) is 4.74. The van der Waals surface area contributed by atoms with Crippen LogP contribution in [-0.2, 0) is 0 Å². The van der Waals surface area contributed by atoms with E-state index in [2.05, 4.69) is 99.7 Å². The highest BCUT2D eigenvalue weighted by Gasteiger charge is 2.23. The second-order valence-electron chi connectivity index (χ2n) is 7.76. The lowest BCUT2D eigenvalue weighted by Crippen LogP contribution is -2.09. The van der Waals surface area contributed by atoms with Gasteiger partial charge in [-0.15, -0.1) is 0 Å². The predicted octanol–water partition coefficient (Wildman–Crippen LogP) is 6.50. The Morgan fingerprint density at radius 2 is 1.20 bits per heavy atom. The van der Waals surface area contributed by atoms with Crippen LogP contribution in [0.25, 0.3) is 32.7 Å². The van der Waals surface area contributed by atoms with Crippen molar-refractivity contribution in [2.45, 2.75) is 6.92 Å². The van der Waals surface area contributed by atoms with Crippen molar-refractivity contribution in [1.29, 1.82) is 0 Å². The smallest absolute Gasteiger partial charge is 0.0616 e. The lowest BCUT2D eigenvalue weighted by molar-refractivity contribution is 1.49. The Labute approximate surface area is 150 Å². The van der Waals surface area contributed by atoms with E-state index < -0.39 is 7.26 Å². The molecule has 0 bridgehead atoms. The molecule has 1 heteroatoms. The van der Waals surface area contributed by atoms with Gasteiger partial charge in [-0.1, -0.05) is 54.6 Å². The Morgan fingerprint density at radius 1 is 0.640 bits per heavy atom. The minimum absolute atomic E-state index is 1.06. The molecule has 0 unspecified atom stereocenters. The molecule has 0 aliphatic carbocycles. The summed E-state index contributed by atoms with van der Waals surface area (Å²) in [5.74, 6) is 0. The van der Waals surface area contributed by atoms with Crippen LogP contribution in [0.1, 0.15) is 5.56 Å². The fraction of sp³-hybridized carbons (Fsp3) is 0.167. The van der Waals surface area contributed by atoms with E-state index in [-0.39, 0.29) is 0 Å². The maximum absolute atomic E-state index is 2.43. The van der Waals surface area contributed by atoms with Crippen LogP contribution in [0.2, 0.25) is 0 Å². The number of rotatable bonds is 2. The second kappa shape index (κ2) is 5.97. The van der Waals surface area contributed by atoms with Gasteiger partial charge in [0.1, 0.15) is 0 Å². The normalized spacial score (nSPS) is 12.0. The molecule has 0 heterocycles. The zero-order valence-corrected chi connectivity index (χ0v) is 16.3. The van der Waals surface area contributed by atoms with Gasteiger partial charge in [0.05, 0.1) is 25.3 Å². The van der Waals surface area contributed by atoms with Crippen molar-refractivity contribution >= 4 is 34.1 Å². The molecule has 0 atom stereocenters. The summed E-state index contributed by atoms with van der Waals surface area (Å²) in [7, 11) is -1.06. The summed E-state index contributed by atoms with van der Waals surface area (Å²) in [5, 5.41) is 6.80. The van der Waals surface area contributed by atoms with Gasteiger partial charge in [-0.2, -0.15) is 0 Å². The van der Waals surface area contributed by atoms with E-state index in [0.717, 1.165) is 0 Å². The van der Waals surface area contributed by atoms with Crippen LogP contribution in [0.3, 0.4) is 0 Å². The van der Waals surface area contributed by atoms with Gasteiger partial charge in [0.15, 0.2) is 0 Å². The monoisotopic (exact) mass is 343 g/mol. The minimum Gasteiger partial charge on any atom is -0.0616 e. The third kappa shape index (κ3) is 2.96. The van der Waals surface area contributed by atoms with Crippen molar-refractivity contribution in [3.05, 3.63) is 78.4 Å². The highest BCUT2D eigenvalue weighted by molar-refractivity contribution is 7.80. The lowest BCUT2D eigenvalue weighted by Gasteiger charge is -2.17. The Kier molecular flexibility index (Phi) is 3.89. The van der Waals surface area contributed by atoms with Gasteiger partial charge >= 0.3 is 0 Å². The molecule has 4 rings (SSSR count). The summed E-state index contributed by atoms with van der Waals surface area (Å²) in [6, 6.07) is 26.9. The van der Waals surface area contributed by atoms with E-state index in [1.807, 2.05) is 0 Å². The van der Waals surface area contributed by atoms with E-state index in [9.17, 15) is 0 Å². The van der Waals surface area contributed by atoms with Crippen LogP contribution in [-0.4, -0.2) is 20.0 Å². The number of benzene rings is 4. The minimum atomic E-state index is -1.06. The van der Waals surface area contributed by atoms with Crippen LogP contribution in [0.15, 0.2) is 72.8 Å². The summed E-state index contributed by atoms with van der Waals surface area (Å²) in [6.45, 7) is 9.41. The SMILES string of the molecule is Cc1cc(-c2c3ccccc3cc3ccccc23)cc([P+](C)(C)C)c1. The van der Waals surface area contributed by atoms with E-state index in [4.69, 9.17) is 0 Å². The molecule has 0 saturated carbocycles. The molecule has 124 valence electrons. The molecule has 0 spiro atoms. The second-order valence-corrected chi connectivity index (χ2v) is 12.3. The first-order chi connectivity index (χ1) is 11.9. The number of hydrogen-bond acceptors (Lipinski definition) is 0. The Morgan fingerprint density at radius 3 is 1.76 bits per heavy atom. The van der Waals surface area contributed by atoms with E-state index in [0.29, 0.717) is 0 Å². The molecule has 0 aliphatic heterocycles. The standard InChI is InChI=1S/C24H24P/c1-17-13-20(16-21(14-17)25(2,3)4)24-22-11-7-5-9-18(22)15-19-10-6-8-12-23(19)24/h5-16H,1-4H3/q+1. The molecule has 4 aromatic rings. The van der Waals surface area contributed by atoms with Crippen molar-refractivity contribution in [2.75, 3.05) is 20.0 Å². The van der Waals surface area contributed by atoms with Crippen molar-refractivity contribution in [1.82, 2.24) is 0 Å². The highest BCUT2D eigenvalue weighted by atomic mass is 31.2. The Balaban J connectivity index is 2.14. The summed E-state index contributed by atoms with van der Waals surface area (Å²) >= 11 is 0. The predicted molar refractivity (Wildman–Crippen MR) is 116 cm³/mol. The zero-order chi connectivity index (χ0) is 17.6. The highest BCUT2D eigenvalue weighted by Crippen LogP contribution is 2.46. The first kappa shape index (κ1) is 16.3. The first-order valence-electron chi connectivity index (χ1n) is 8.78. The maximum Gasteiger partial charge on any atom is 0.0939 e. The Bertz CT molecular complexity index is 1030. The maximum atomic E-state index is 2.43. The van der Waals surface area contributed by atoms with Crippen LogP contribution in [0, 0.1) is 6.92 Å². The first-order valence-corrected chi connectivity index (χ1v) is 11.9. The van der Waals surface area contributed by atoms with Gasteiger partial charge in [0.25, 0.3) is 0 Å². The number of fused-ring (bicyclic) bond motifs is 2. The summed E-state index contributed by atoms with van der Waals surface area (Å²) in [5.41, 5.74) is 4.06. The van der Waals surface area contributed by atoms with Gasteiger partial charge in [-0.25, -0.2) is 0 Å².